The average Bonchev–Trinajstić information content (AvgIpc) is 2.72. The number of benzene rings is 2. The van der Waals surface area contributed by atoms with Crippen LogP contribution in [-0.2, 0) is 4.79 Å². The normalized spacial score (nSPS) is 15.6. The van der Waals surface area contributed by atoms with E-state index in [1.165, 1.54) is 21.7 Å². The Kier molecular flexibility index (Phi) is 6.88. The van der Waals surface area contributed by atoms with Crippen LogP contribution < -0.4 is 20.4 Å². The van der Waals surface area contributed by atoms with Crippen LogP contribution in [0.3, 0.4) is 0 Å². The number of aryl methyl sites for hydroxylation is 1. The molecule has 6 nitrogen and oxygen atoms in total. The standard InChI is InChI=1S/C23H30N4O2/c1-4-24-23(29)25-22(28)21(19-10-6-5-7-11-19)27-15-13-26(14-16-27)20-12-8-9-17(2)18(20)3/h5-12,21H,4,13-16H2,1-3H3,(H2,24,25,28,29)/p+1/t21-/m0/s1. The van der Waals surface area contributed by atoms with Gasteiger partial charge in [-0.1, -0.05) is 42.5 Å². The summed E-state index contributed by atoms with van der Waals surface area (Å²) in [6.45, 7) is 10.0. The van der Waals surface area contributed by atoms with Crippen molar-refractivity contribution in [3.05, 3.63) is 65.2 Å². The van der Waals surface area contributed by atoms with E-state index in [1.807, 2.05) is 37.3 Å². The number of rotatable bonds is 5. The third kappa shape index (κ3) is 4.95. The number of carbonyl (C=O) groups excluding carboxylic acids is 2. The van der Waals surface area contributed by atoms with Crippen molar-refractivity contribution in [1.82, 2.24) is 10.6 Å². The number of hydrogen-bond acceptors (Lipinski definition) is 3. The van der Waals surface area contributed by atoms with Crippen molar-refractivity contribution in [3.63, 3.8) is 0 Å². The maximum absolute atomic E-state index is 13.0. The van der Waals surface area contributed by atoms with Crippen LogP contribution in [0.1, 0.15) is 29.7 Å². The lowest BCUT2D eigenvalue weighted by atomic mass is 10.0. The van der Waals surface area contributed by atoms with Gasteiger partial charge in [0.1, 0.15) is 0 Å². The lowest BCUT2D eigenvalue weighted by Gasteiger charge is -2.37. The molecule has 0 unspecified atom stereocenters. The number of anilines is 1. The van der Waals surface area contributed by atoms with E-state index in [-0.39, 0.29) is 5.91 Å². The Morgan fingerprint density at radius 1 is 1.03 bits per heavy atom. The van der Waals surface area contributed by atoms with E-state index in [0.717, 1.165) is 31.7 Å². The number of nitrogens with one attached hydrogen (secondary N) is 3. The Labute approximate surface area is 172 Å². The fourth-order valence-corrected chi connectivity index (χ4v) is 4.01. The molecular formula is C23H31N4O2+. The lowest BCUT2D eigenvalue weighted by Crippen LogP contribution is -3.16. The number of urea groups is 1. The van der Waals surface area contributed by atoms with Crippen molar-refractivity contribution in [3.8, 4) is 0 Å². The first-order valence-electron chi connectivity index (χ1n) is 10.3. The smallest absolute Gasteiger partial charge is 0.321 e. The van der Waals surface area contributed by atoms with Crippen molar-refractivity contribution in [2.24, 2.45) is 0 Å². The molecule has 0 bridgehead atoms. The second-order valence-electron chi connectivity index (χ2n) is 7.56. The van der Waals surface area contributed by atoms with Gasteiger partial charge in [-0.25, -0.2) is 4.79 Å². The molecule has 0 aromatic heterocycles. The van der Waals surface area contributed by atoms with E-state index < -0.39 is 12.1 Å². The molecule has 1 aliphatic heterocycles. The third-order valence-corrected chi connectivity index (χ3v) is 5.70. The molecular weight excluding hydrogens is 364 g/mol. The van der Waals surface area contributed by atoms with Gasteiger partial charge in [0, 0.05) is 17.8 Å². The fourth-order valence-electron chi connectivity index (χ4n) is 4.01. The van der Waals surface area contributed by atoms with Gasteiger partial charge < -0.3 is 15.1 Å². The van der Waals surface area contributed by atoms with Crippen molar-refractivity contribution in [2.75, 3.05) is 37.6 Å². The molecule has 1 atom stereocenters. The first-order chi connectivity index (χ1) is 14.0. The maximum Gasteiger partial charge on any atom is 0.321 e. The minimum absolute atomic E-state index is 0.252. The highest BCUT2D eigenvalue weighted by molar-refractivity contribution is 5.96. The second kappa shape index (κ2) is 9.56. The second-order valence-corrected chi connectivity index (χ2v) is 7.56. The topological polar surface area (TPSA) is 65.9 Å². The Morgan fingerprint density at radius 2 is 1.72 bits per heavy atom. The highest BCUT2D eigenvalue weighted by atomic mass is 16.2. The summed E-state index contributed by atoms with van der Waals surface area (Å²) in [6, 6.07) is 15.3. The summed E-state index contributed by atoms with van der Waals surface area (Å²) in [6.07, 6.45) is 0. The molecule has 0 saturated carbocycles. The summed E-state index contributed by atoms with van der Waals surface area (Å²) < 4.78 is 0. The molecule has 2 aromatic carbocycles. The molecule has 1 aliphatic rings. The Morgan fingerprint density at radius 3 is 2.38 bits per heavy atom. The molecule has 1 fully saturated rings. The molecule has 3 rings (SSSR count). The number of hydrogen-bond donors (Lipinski definition) is 3. The van der Waals surface area contributed by atoms with E-state index >= 15 is 0 Å². The molecule has 1 heterocycles. The molecule has 6 heteroatoms. The quantitative estimate of drug-likeness (QED) is 0.720. The largest absolute Gasteiger partial charge is 0.360 e. The first kappa shape index (κ1) is 20.9. The third-order valence-electron chi connectivity index (χ3n) is 5.70. The molecule has 1 saturated heterocycles. The van der Waals surface area contributed by atoms with E-state index in [2.05, 4.69) is 47.6 Å². The van der Waals surface area contributed by atoms with Crippen molar-refractivity contribution >= 4 is 17.6 Å². The highest BCUT2D eigenvalue weighted by Crippen LogP contribution is 2.23. The van der Waals surface area contributed by atoms with Crippen LogP contribution in [-0.4, -0.2) is 44.7 Å². The summed E-state index contributed by atoms with van der Waals surface area (Å²) in [4.78, 5) is 28.5. The number of nitrogens with zero attached hydrogens (tertiary/aromatic N) is 1. The first-order valence-corrected chi connectivity index (χ1v) is 10.3. The fraction of sp³-hybridized carbons (Fsp3) is 0.391. The molecule has 0 radical (unpaired) electrons. The van der Waals surface area contributed by atoms with Crippen LogP contribution in [0.5, 0.6) is 0 Å². The van der Waals surface area contributed by atoms with Crippen molar-refractivity contribution < 1.29 is 14.5 Å². The summed E-state index contributed by atoms with van der Waals surface area (Å²) in [5.74, 6) is -0.252. The predicted molar refractivity (Wildman–Crippen MR) is 115 cm³/mol. The zero-order valence-corrected chi connectivity index (χ0v) is 17.5. The minimum atomic E-state index is -0.438. The van der Waals surface area contributed by atoms with Crippen molar-refractivity contribution in [2.45, 2.75) is 26.8 Å². The Bertz CT molecular complexity index is 845. The summed E-state index contributed by atoms with van der Waals surface area (Å²) in [5, 5.41) is 5.15. The van der Waals surface area contributed by atoms with E-state index in [0.29, 0.717) is 6.54 Å². The van der Waals surface area contributed by atoms with Gasteiger partial charge in [-0.05, 0) is 38.0 Å². The van der Waals surface area contributed by atoms with Gasteiger partial charge in [0.2, 0.25) is 0 Å². The van der Waals surface area contributed by atoms with Crippen LogP contribution in [0, 0.1) is 13.8 Å². The monoisotopic (exact) mass is 395 g/mol. The minimum Gasteiger partial charge on any atom is -0.360 e. The number of quaternary nitrogens is 1. The van der Waals surface area contributed by atoms with Crippen LogP contribution in [0.4, 0.5) is 10.5 Å². The van der Waals surface area contributed by atoms with Crippen LogP contribution in [0.15, 0.2) is 48.5 Å². The average molecular weight is 396 g/mol. The summed E-state index contributed by atoms with van der Waals surface area (Å²) >= 11 is 0. The van der Waals surface area contributed by atoms with Crippen LogP contribution in [0.2, 0.25) is 0 Å². The van der Waals surface area contributed by atoms with Gasteiger partial charge in [0.15, 0.2) is 6.04 Å². The van der Waals surface area contributed by atoms with Gasteiger partial charge >= 0.3 is 6.03 Å². The molecule has 29 heavy (non-hydrogen) atoms. The van der Waals surface area contributed by atoms with Gasteiger partial charge in [-0.15, -0.1) is 0 Å². The maximum atomic E-state index is 13.0. The molecule has 2 aromatic rings. The van der Waals surface area contributed by atoms with E-state index in [1.54, 1.807) is 0 Å². The molecule has 3 amide bonds. The van der Waals surface area contributed by atoms with Gasteiger partial charge in [-0.2, -0.15) is 0 Å². The lowest BCUT2D eigenvalue weighted by molar-refractivity contribution is -0.922. The van der Waals surface area contributed by atoms with Gasteiger partial charge in [0.25, 0.3) is 5.91 Å². The number of carbonyl (C=O) groups is 2. The van der Waals surface area contributed by atoms with Gasteiger partial charge in [0.05, 0.1) is 26.2 Å². The van der Waals surface area contributed by atoms with Crippen LogP contribution in [0.25, 0.3) is 0 Å². The zero-order valence-electron chi connectivity index (χ0n) is 17.5. The Balaban J connectivity index is 1.75. The molecule has 3 N–H and O–H groups in total. The summed E-state index contributed by atoms with van der Waals surface area (Å²) in [7, 11) is 0. The number of amides is 3. The summed E-state index contributed by atoms with van der Waals surface area (Å²) in [5.41, 5.74) is 4.81. The van der Waals surface area contributed by atoms with Crippen LogP contribution >= 0.6 is 0 Å². The number of piperazine rings is 1. The van der Waals surface area contributed by atoms with E-state index in [4.69, 9.17) is 0 Å². The van der Waals surface area contributed by atoms with Crippen molar-refractivity contribution in [1.29, 1.82) is 0 Å². The molecule has 0 spiro atoms. The Hall–Kier alpha value is -2.86. The molecule has 154 valence electrons. The number of imide groups is 1. The zero-order chi connectivity index (χ0) is 20.8. The van der Waals surface area contributed by atoms with Gasteiger partial charge in [-0.3, -0.25) is 10.1 Å². The highest BCUT2D eigenvalue weighted by Gasteiger charge is 2.35. The SMILES string of the molecule is CCNC(=O)NC(=O)[C@H](c1ccccc1)[NH+]1CCN(c2cccc(C)c2C)CC1. The van der Waals surface area contributed by atoms with E-state index in [9.17, 15) is 9.59 Å². The molecule has 0 aliphatic carbocycles. The predicted octanol–water partition coefficient (Wildman–Crippen LogP) is 1.60.